The van der Waals surface area contributed by atoms with E-state index in [0.29, 0.717) is 5.78 Å². The fourth-order valence-electron chi connectivity index (χ4n) is 2.80. The minimum absolute atomic E-state index is 0.0189. The molecule has 1 aromatic heterocycles. The Kier molecular flexibility index (Phi) is 2.01. The van der Waals surface area contributed by atoms with E-state index >= 15 is 0 Å². The summed E-state index contributed by atoms with van der Waals surface area (Å²) in [4.78, 5) is 16.0. The molecule has 0 N–H and O–H groups in total. The summed E-state index contributed by atoms with van der Waals surface area (Å²) in [6.45, 7) is 2.14. The summed E-state index contributed by atoms with van der Waals surface area (Å²) in [6.07, 6.45) is 3.10. The van der Waals surface area contributed by atoms with E-state index in [-0.39, 0.29) is 5.41 Å². The zero-order chi connectivity index (χ0) is 10.5. The second kappa shape index (κ2) is 3.16. The highest BCUT2D eigenvalue weighted by Crippen LogP contribution is 2.45. The Balaban J connectivity index is 1.91. The topological polar surface area (TPSA) is 20.3 Å². The van der Waals surface area contributed by atoms with Crippen molar-refractivity contribution in [2.24, 2.45) is 5.41 Å². The molecular formula is C12H15NOS. The molecule has 2 aliphatic rings. The van der Waals surface area contributed by atoms with Crippen LogP contribution >= 0.6 is 11.3 Å². The molecule has 2 heterocycles. The summed E-state index contributed by atoms with van der Waals surface area (Å²) in [5.74, 6) is 0.423. The number of rotatable bonds is 0. The van der Waals surface area contributed by atoms with E-state index in [1.807, 2.05) is 11.4 Å². The van der Waals surface area contributed by atoms with Crippen molar-refractivity contribution in [1.29, 1.82) is 0 Å². The maximum atomic E-state index is 12.3. The molecule has 0 aromatic carbocycles. The molecular weight excluding hydrogens is 206 g/mol. The van der Waals surface area contributed by atoms with E-state index in [9.17, 15) is 4.79 Å². The van der Waals surface area contributed by atoms with Crippen molar-refractivity contribution in [2.75, 3.05) is 20.1 Å². The summed E-state index contributed by atoms with van der Waals surface area (Å²) in [5, 5.41) is 2.05. The second-order valence-electron chi connectivity index (χ2n) is 4.85. The maximum Gasteiger partial charge on any atom is 0.170 e. The summed E-state index contributed by atoms with van der Waals surface area (Å²) >= 11 is 1.75. The van der Waals surface area contributed by atoms with Gasteiger partial charge in [-0.3, -0.25) is 4.79 Å². The molecule has 15 heavy (non-hydrogen) atoms. The number of hydrogen-bond acceptors (Lipinski definition) is 3. The molecule has 1 spiro atoms. The Hall–Kier alpha value is -0.670. The first kappa shape index (κ1) is 9.55. The van der Waals surface area contributed by atoms with E-state index < -0.39 is 0 Å². The molecule has 0 radical (unpaired) electrons. The van der Waals surface area contributed by atoms with Crippen molar-refractivity contribution in [2.45, 2.75) is 19.3 Å². The lowest BCUT2D eigenvalue weighted by molar-refractivity contribution is 0.0671. The summed E-state index contributed by atoms with van der Waals surface area (Å²) < 4.78 is 0. The molecule has 0 unspecified atom stereocenters. The number of hydrogen-bond donors (Lipinski definition) is 0. The van der Waals surface area contributed by atoms with Crippen molar-refractivity contribution in [1.82, 2.24) is 4.90 Å². The molecule has 1 fully saturated rings. The van der Waals surface area contributed by atoms with Gasteiger partial charge in [0, 0.05) is 15.9 Å². The molecule has 0 bridgehead atoms. The van der Waals surface area contributed by atoms with Gasteiger partial charge >= 0.3 is 0 Å². The molecule has 0 atom stereocenters. The molecule has 3 rings (SSSR count). The van der Waals surface area contributed by atoms with Crippen molar-refractivity contribution in [3.8, 4) is 0 Å². The molecule has 1 saturated heterocycles. The Morgan fingerprint density at radius 3 is 2.80 bits per heavy atom. The van der Waals surface area contributed by atoms with Crippen LogP contribution in [0.15, 0.2) is 11.4 Å². The Morgan fingerprint density at radius 2 is 2.13 bits per heavy atom. The van der Waals surface area contributed by atoms with Crippen LogP contribution in [0.1, 0.15) is 28.1 Å². The molecule has 1 aliphatic heterocycles. The monoisotopic (exact) mass is 221 g/mol. The Morgan fingerprint density at radius 1 is 1.40 bits per heavy atom. The van der Waals surface area contributed by atoms with Gasteiger partial charge in [0.2, 0.25) is 0 Å². The lowest BCUT2D eigenvalue weighted by atomic mass is 9.75. The molecule has 3 heteroatoms. The van der Waals surface area contributed by atoms with Crippen molar-refractivity contribution in [3.05, 3.63) is 21.9 Å². The van der Waals surface area contributed by atoms with Gasteiger partial charge in [0.15, 0.2) is 5.78 Å². The predicted octanol–water partition coefficient (Wildman–Crippen LogP) is 2.20. The number of carbonyl (C=O) groups excluding carboxylic acids is 1. The molecule has 0 saturated carbocycles. The molecule has 0 amide bonds. The number of likely N-dealkylation sites (tertiary alicyclic amines) is 1. The zero-order valence-electron chi connectivity index (χ0n) is 8.95. The smallest absolute Gasteiger partial charge is 0.170 e. The van der Waals surface area contributed by atoms with Gasteiger partial charge in [-0.25, -0.2) is 0 Å². The van der Waals surface area contributed by atoms with Gasteiger partial charge in [0.1, 0.15) is 0 Å². The fraction of sp³-hybridized carbons (Fsp3) is 0.583. The first-order valence-corrected chi connectivity index (χ1v) is 6.39. The van der Waals surface area contributed by atoms with Crippen LogP contribution in [0.4, 0.5) is 0 Å². The van der Waals surface area contributed by atoms with E-state index in [1.165, 1.54) is 4.88 Å². The third-order valence-corrected chi connectivity index (χ3v) is 4.84. The zero-order valence-corrected chi connectivity index (χ0v) is 9.77. The van der Waals surface area contributed by atoms with E-state index in [4.69, 9.17) is 0 Å². The highest BCUT2D eigenvalue weighted by Gasteiger charge is 2.47. The quantitative estimate of drug-likeness (QED) is 0.669. The van der Waals surface area contributed by atoms with Crippen LogP contribution in [-0.2, 0) is 6.42 Å². The van der Waals surface area contributed by atoms with Crippen molar-refractivity contribution >= 4 is 17.1 Å². The van der Waals surface area contributed by atoms with E-state index in [2.05, 4.69) is 11.9 Å². The third kappa shape index (κ3) is 1.30. The minimum Gasteiger partial charge on any atom is -0.306 e. The van der Waals surface area contributed by atoms with Gasteiger partial charge in [-0.15, -0.1) is 11.3 Å². The number of thiophene rings is 1. The fourth-order valence-corrected chi connectivity index (χ4v) is 3.82. The molecule has 80 valence electrons. The number of fused-ring (bicyclic) bond motifs is 1. The number of nitrogens with zero attached hydrogens (tertiary/aromatic N) is 1. The standard InChI is InChI=1S/C12H15NOS/c1-13-5-3-12(4-6-13)8-10-9(11(12)14)2-7-15-10/h2,7H,3-6,8H2,1H3. The van der Waals surface area contributed by atoms with Gasteiger partial charge in [0.25, 0.3) is 0 Å². The van der Waals surface area contributed by atoms with Gasteiger partial charge in [-0.2, -0.15) is 0 Å². The number of Topliss-reactive ketones (excluding diaryl/α,β-unsaturated/α-hetero) is 1. The lowest BCUT2D eigenvalue weighted by Gasteiger charge is -2.36. The van der Waals surface area contributed by atoms with Crippen LogP contribution in [-0.4, -0.2) is 30.8 Å². The summed E-state index contributed by atoms with van der Waals surface area (Å²) in [7, 11) is 2.14. The predicted molar refractivity (Wildman–Crippen MR) is 61.5 cm³/mol. The number of piperidine rings is 1. The van der Waals surface area contributed by atoms with E-state index in [0.717, 1.165) is 37.9 Å². The van der Waals surface area contributed by atoms with Crippen LogP contribution in [0.2, 0.25) is 0 Å². The Labute approximate surface area is 93.9 Å². The Bertz CT molecular complexity index is 402. The highest BCUT2D eigenvalue weighted by atomic mass is 32.1. The summed E-state index contributed by atoms with van der Waals surface area (Å²) in [5.41, 5.74) is 0.999. The largest absolute Gasteiger partial charge is 0.306 e. The van der Waals surface area contributed by atoms with Crippen LogP contribution in [0, 0.1) is 5.41 Å². The van der Waals surface area contributed by atoms with Crippen LogP contribution in [0.3, 0.4) is 0 Å². The summed E-state index contributed by atoms with van der Waals surface area (Å²) in [6, 6.07) is 2.01. The van der Waals surface area contributed by atoms with Crippen LogP contribution in [0.5, 0.6) is 0 Å². The second-order valence-corrected chi connectivity index (χ2v) is 5.85. The molecule has 2 nitrogen and oxygen atoms in total. The first-order valence-electron chi connectivity index (χ1n) is 5.51. The van der Waals surface area contributed by atoms with Gasteiger partial charge in [-0.05, 0) is 50.8 Å². The lowest BCUT2D eigenvalue weighted by Crippen LogP contribution is -2.41. The van der Waals surface area contributed by atoms with Crippen LogP contribution < -0.4 is 0 Å². The number of ketones is 1. The number of carbonyl (C=O) groups is 1. The van der Waals surface area contributed by atoms with Gasteiger partial charge in [-0.1, -0.05) is 0 Å². The maximum absolute atomic E-state index is 12.3. The van der Waals surface area contributed by atoms with E-state index in [1.54, 1.807) is 11.3 Å². The minimum atomic E-state index is -0.0189. The highest BCUT2D eigenvalue weighted by molar-refractivity contribution is 7.10. The van der Waals surface area contributed by atoms with Crippen LogP contribution in [0.25, 0.3) is 0 Å². The third-order valence-electron chi connectivity index (χ3n) is 3.91. The average Bonchev–Trinajstić information content (AvgIpc) is 2.76. The first-order chi connectivity index (χ1) is 7.21. The van der Waals surface area contributed by atoms with Gasteiger partial charge in [0.05, 0.1) is 0 Å². The molecule has 1 aromatic rings. The van der Waals surface area contributed by atoms with Gasteiger partial charge < -0.3 is 4.90 Å². The van der Waals surface area contributed by atoms with Crippen molar-refractivity contribution in [3.63, 3.8) is 0 Å². The average molecular weight is 221 g/mol. The normalized spacial score (nSPS) is 24.7. The molecule has 1 aliphatic carbocycles. The van der Waals surface area contributed by atoms with Crippen molar-refractivity contribution < 1.29 is 4.79 Å². The SMILES string of the molecule is CN1CCC2(CC1)Cc1sccc1C2=O.